The second kappa shape index (κ2) is 9.11. The number of halogens is 2. The molecular formula is C22H18ClFN4O4. The third kappa shape index (κ3) is 4.42. The van der Waals surface area contributed by atoms with Crippen LogP contribution in [-0.2, 0) is 11.3 Å². The highest BCUT2D eigenvalue weighted by Crippen LogP contribution is 2.29. The van der Waals surface area contributed by atoms with E-state index in [-0.39, 0.29) is 29.9 Å². The minimum Gasteiger partial charge on any atom is -0.495 e. The number of anilines is 1. The van der Waals surface area contributed by atoms with Gasteiger partial charge >= 0.3 is 0 Å². The lowest BCUT2D eigenvalue weighted by atomic mass is 10.2. The molecular weight excluding hydrogens is 439 g/mol. The van der Waals surface area contributed by atoms with E-state index in [2.05, 4.69) is 15.5 Å². The number of nitrogens with zero attached hydrogens (tertiary/aromatic N) is 3. The maximum Gasteiger partial charge on any atom is 0.274 e. The fraction of sp³-hybridized carbons (Fsp3) is 0.136. The molecule has 2 aromatic heterocycles. The highest BCUT2D eigenvalue weighted by molar-refractivity contribution is 6.31. The molecule has 8 nitrogen and oxygen atoms in total. The Balaban J connectivity index is 1.53. The maximum absolute atomic E-state index is 14.0. The molecule has 0 aliphatic rings. The van der Waals surface area contributed by atoms with Gasteiger partial charge in [-0.1, -0.05) is 16.8 Å². The minimum atomic E-state index is -0.534. The zero-order valence-electron chi connectivity index (χ0n) is 17.1. The van der Waals surface area contributed by atoms with E-state index in [4.69, 9.17) is 25.6 Å². The van der Waals surface area contributed by atoms with Crippen LogP contribution < -0.4 is 14.8 Å². The van der Waals surface area contributed by atoms with Crippen molar-refractivity contribution in [3.8, 4) is 34.5 Å². The van der Waals surface area contributed by atoms with Gasteiger partial charge in [0.25, 0.3) is 5.89 Å². The van der Waals surface area contributed by atoms with Crippen molar-refractivity contribution in [3.63, 3.8) is 0 Å². The molecule has 32 heavy (non-hydrogen) atoms. The molecule has 0 bridgehead atoms. The van der Waals surface area contributed by atoms with Crippen LogP contribution >= 0.6 is 11.6 Å². The summed E-state index contributed by atoms with van der Waals surface area (Å²) < 4.78 is 31.2. The molecule has 1 amide bonds. The van der Waals surface area contributed by atoms with Crippen LogP contribution in [0, 0.1) is 5.82 Å². The van der Waals surface area contributed by atoms with Crippen molar-refractivity contribution in [2.45, 2.75) is 6.54 Å². The predicted octanol–water partition coefficient (Wildman–Crippen LogP) is 4.65. The molecule has 0 aliphatic heterocycles. The molecule has 0 saturated heterocycles. The highest BCUT2D eigenvalue weighted by Gasteiger charge is 2.17. The van der Waals surface area contributed by atoms with E-state index in [1.54, 1.807) is 47.2 Å². The smallest absolute Gasteiger partial charge is 0.274 e. The molecule has 0 fully saturated rings. The van der Waals surface area contributed by atoms with Gasteiger partial charge in [-0.15, -0.1) is 0 Å². The molecule has 0 aliphatic carbocycles. The molecule has 164 valence electrons. The summed E-state index contributed by atoms with van der Waals surface area (Å²) in [6.07, 6.45) is 1.71. The van der Waals surface area contributed by atoms with Crippen molar-refractivity contribution in [2.24, 2.45) is 0 Å². The zero-order valence-corrected chi connectivity index (χ0v) is 17.9. The van der Waals surface area contributed by atoms with Crippen LogP contribution in [0.3, 0.4) is 0 Å². The van der Waals surface area contributed by atoms with Gasteiger partial charge in [-0.3, -0.25) is 4.79 Å². The molecule has 0 saturated carbocycles. The van der Waals surface area contributed by atoms with Gasteiger partial charge < -0.3 is 23.9 Å². The number of hydrogen-bond donors (Lipinski definition) is 1. The van der Waals surface area contributed by atoms with Crippen LogP contribution in [0.5, 0.6) is 11.5 Å². The Morgan fingerprint density at radius 3 is 2.69 bits per heavy atom. The first-order valence-corrected chi connectivity index (χ1v) is 9.83. The van der Waals surface area contributed by atoms with E-state index in [0.29, 0.717) is 27.7 Å². The number of carbonyl (C=O) groups is 1. The number of rotatable bonds is 7. The van der Waals surface area contributed by atoms with Crippen LogP contribution in [0.1, 0.15) is 0 Å². The summed E-state index contributed by atoms with van der Waals surface area (Å²) in [5.74, 6) is 0.169. The van der Waals surface area contributed by atoms with Crippen molar-refractivity contribution < 1.29 is 23.2 Å². The fourth-order valence-electron chi connectivity index (χ4n) is 3.12. The first kappa shape index (κ1) is 21.4. The standard InChI is InChI=1S/C22H18ClFN4O4/c1-30-18-7-5-13(10-15(18)24)21-26-22(32-27-21)17-4-3-9-28(17)12-20(29)25-16-11-14(23)6-8-19(16)31-2/h3-11H,12H2,1-2H3,(H,25,29). The van der Waals surface area contributed by atoms with Gasteiger partial charge in [-0.05, 0) is 48.5 Å². The van der Waals surface area contributed by atoms with Gasteiger partial charge in [0.2, 0.25) is 11.7 Å². The van der Waals surface area contributed by atoms with Crippen LogP contribution in [0.2, 0.25) is 5.02 Å². The van der Waals surface area contributed by atoms with Crippen LogP contribution in [-0.4, -0.2) is 34.8 Å². The first-order valence-electron chi connectivity index (χ1n) is 9.45. The average Bonchev–Trinajstić information content (AvgIpc) is 3.43. The maximum atomic E-state index is 14.0. The van der Waals surface area contributed by atoms with Crippen molar-refractivity contribution >= 4 is 23.2 Å². The third-order valence-corrected chi connectivity index (χ3v) is 4.87. The lowest BCUT2D eigenvalue weighted by Crippen LogP contribution is -2.19. The molecule has 4 aromatic rings. The molecule has 2 aromatic carbocycles. The van der Waals surface area contributed by atoms with Gasteiger partial charge in [-0.25, -0.2) is 4.39 Å². The fourth-order valence-corrected chi connectivity index (χ4v) is 3.29. The lowest BCUT2D eigenvalue weighted by molar-refractivity contribution is -0.116. The van der Waals surface area contributed by atoms with Crippen molar-refractivity contribution in [2.75, 3.05) is 19.5 Å². The topological polar surface area (TPSA) is 91.4 Å². The quantitative estimate of drug-likeness (QED) is 0.435. The number of amides is 1. The Hall–Kier alpha value is -3.85. The molecule has 0 atom stereocenters. The summed E-state index contributed by atoms with van der Waals surface area (Å²) in [6.45, 7) is -0.0210. The summed E-state index contributed by atoms with van der Waals surface area (Å²) >= 11 is 6.01. The number of ether oxygens (including phenoxy) is 2. The molecule has 0 unspecified atom stereocenters. The van der Waals surface area contributed by atoms with Gasteiger partial charge in [0.05, 0.1) is 19.9 Å². The second-order valence-electron chi connectivity index (χ2n) is 6.69. The van der Waals surface area contributed by atoms with E-state index >= 15 is 0 Å². The summed E-state index contributed by atoms with van der Waals surface area (Å²) in [6, 6.07) is 12.8. The third-order valence-electron chi connectivity index (χ3n) is 4.63. The van der Waals surface area contributed by atoms with Gasteiger partial charge in [-0.2, -0.15) is 4.98 Å². The number of hydrogen-bond acceptors (Lipinski definition) is 6. The Kier molecular flexibility index (Phi) is 6.09. The van der Waals surface area contributed by atoms with Crippen molar-refractivity contribution in [1.82, 2.24) is 14.7 Å². The number of benzene rings is 2. The van der Waals surface area contributed by atoms with E-state index in [1.807, 2.05) is 0 Å². The number of aromatic nitrogens is 3. The number of methoxy groups -OCH3 is 2. The van der Waals surface area contributed by atoms with E-state index in [9.17, 15) is 9.18 Å². The predicted molar refractivity (Wildman–Crippen MR) is 116 cm³/mol. The molecule has 0 spiro atoms. The molecule has 1 N–H and O–H groups in total. The van der Waals surface area contributed by atoms with E-state index < -0.39 is 5.82 Å². The average molecular weight is 457 g/mol. The van der Waals surface area contributed by atoms with Crippen molar-refractivity contribution in [1.29, 1.82) is 0 Å². The molecule has 2 heterocycles. The Labute approximate surface area is 187 Å². The number of carbonyl (C=O) groups excluding carboxylic acids is 1. The molecule has 4 rings (SSSR count). The largest absolute Gasteiger partial charge is 0.495 e. The van der Waals surface area contributed by atoms with E-state index in [1.165, 1.54) is 26.4 Å². The van der Waals surface area contributed by atoms with E-state index in [0.717, 1.165) is 0 Å². The van der Waals surface area contributed by atoms with Crippen molar-refractivity contribution in [3.05, 3.63) is 65.6 Å². The SMILES string of the molecule is COc1ccc(-c2noc(-c3cccn3CC(=O)Nc3cc(Cl)ccc3OC)n2)cc1F. The van der Waals surface area contributed by atoms with Crippen LogP contribution in [0.15, 0.2) is 59.3 Å². The van der Waals surface area contributed by atoms with Gasteiger partial charge in [0.1, 0.15) is 18.0 Å². The Bertz CT molecular complexity index is 1270. The molecule has 0 radical (unpaired) electrons. The Morgan fingerprint density at radius 2 is 1.94 bits per heavy atom. The highest BCUT2D eigenvalue weighted by atomic mass is 35.5. The second-order valence-corrected chi connectivity index (χ2v) is 7.12. The first-order chi connectivity index (χ1) is 15.5. The summed E-state index contributed by atoms with van der Waals surface area (Å²) in [7, 11) is 2.89. The monoisotopic (exact) mass is 456 g/mol. The van der Waals surface area contributed by atoms with Gasteiger partial charge in [0, 0.05) is 16.8 Å². The summed E-state index contributed by atoms with van der Waals surface area (Å²) in [5, 5.41) is 7.17. The number of nitrogens with one attached hydrogen (secondary N) is 1. The van der Waals surface area contributed by atoms with Crippen LogP contribution in [0.25, 0.3) is 23.0 Å². The Morgan fingerprint density at radius 1 is 1.16 bits per heavy atom. The summed E-state index contributed by atoms with van der Waals surface area (Å²) in [4.78, 5) is 17.0. The minimum absolute atomic E-state index is 0.0210. The summed E-state index contributed by atoms with van der Waals surface area (Å²) in [5.41, 5.74) is 1.42. The molecule has 10 heteroatoms. The van der Waals surface area contributed by atoms with Gasteiger partial charge in [0.15, 0.2) is 11.6 Å². The van der Waals surface area contributed by atoms with Crippen LogP contribution in [0.4, 0.5) is 10.1 Å². The normalized spacial score (nSPS) is 10.8. The zero-order chi connectivity index (χ0) is 22.7. The lowest BCUT2D eigenvalue weighted by Gasteiger charge is -2.11.